The van der Waals surface area contributed by atoms with Crippen molar-refractivity contribution in [2.45, 2.75) is 6.54 Å². The third-order valence-corrected chi connectivity index (χ3v) is 3.78. The van der Waals surface area contributed by atoms with Crippen molar-refractivity contribution in [3.63, 3.8) is 0 Å². The number of para-hydroxylation sites is 2. The van der Waals surface area contributed by atoms with E-state index in [4.69, 9.17) is 0 Å². The second-order valence-electron chi connectivity index (χ2n) is 5.64. The number of imidazole rings is 2. The number of benzene rings is 1. The Morgan fingerprint density at radius 2 is 1.96 bits per heavy atom. The highest BCUT2D eigenvalue weighted by Gasteiger charge is 2.23. The molecule has 0 N–H and O–H groups in total. The first-order valence-corrected chi connectivity index (χ1v) is 7.25. The van der Waals surface area contributed by atoms with E-state index in [-0.39, 0.29) is 18.2 Å². The second kappa shape index (κ2) is 6.98. The van der Waals surface area contributed by atoms with Crippen LogP contribution in [0.3, 0.4) is 0 Å². The number of nitrogens with zero attached hydrogens (tertiary/aromatic N) is 6. The normalized spacial score (nSPS) is 11.0. The van der Waals surface area contributed by atoms with E-state index in [0.717, 1.165) is 24.1 Å². The van der Waals surface area contributed by atoms with Gasteiger partial charge in [0.2, 0.25) is 5.82 Å². The molecule has 8 nitrogen and oxygen atoms in total. The number of halogens is 1. The van der Waals surface area contributed by atoms with Crippen LogP contribution in [0.4, 0.5) is 5.82 Å². The third kappa shape index (κ3) is 3.10. The molecule has 24 heavy (non-hydrogen) atoms. The lowest BCUT2D eigenvalue weighted by Gasteiger charge is -2.12. The molecule has 0 saturated heterocycles. The summed E-state index contributed by atoms with van der Waals surface area (Å²) < 4.78 is 3.52. The molecule has 0 fully saturated rings. The first-order valence-electron chi connectivity index (χ1n) is 7.25. The van der Waals surface area contributed by atoms with Gasteiger partial charge in [0.15, 0.2) is 0 Å². The van der Waals surface area contributed by atoms with Gasteiger partial charge in [-0.2, -0.15) is 0 Å². The van der Waals surface area contributed by atoms with Gasteiger partial charge in [-0.3, -0.25) is 0 Å². The zero-order valence-corrected chi connectivity index (χ0v) is 14.5. The molecular formula is C15H19ClN6O2. The van der Waals surface area contributed by atoms with Gasteiger partial charge in [-0.05, 0) is 31.2 Å². The molecule has 3 aromatic rings. The van der Waals surface area contributed by atoms with Crippen LogP contribution in [0.1, 0.15) is 0 Å². The van der Waals surface area contributed by atoms with Crippen LogP contribution < -0.4 is 0 Å². The van der Waals surface area contributed by atoms with E-state index >= 15 is 0 Å². The average molecular weight is 351 g/mol. The van der Waals surface area contributed by atoms with Crippen LogP contribution >= 0.6 is 12.4 Å². The van der Waals surface area contributed by atoms with Crippen molar-refractivity contribution in [3.05, 3.63) is 40.6 Å². The fraction of sp³-hybridized carbons (Fsp3) is 0.333. The van der Waals surface area contributed by atoms with E-state index in [9.17, 15) is 10.1 Å². The highest BCUT2D eigenvalue weighted by atomic mass is 35.5. The lowest BCUT2D eigenvalue weighted by atomic mass is 10.3. The summed E-state index contributed by atoms with van der Waals surface area (Å²) in [6, 6.07) is 7.82. The van der Waals surface area contributed by atoms with Crippen LogP contribution in [0.2, 0.25) is 0 Å². The average Bonchev–Trinajstić information content (AvgIpc) is 3.05. The molecule has 0 unspecified atom stereocenters. The molecule has 2 aromatic heterocycles. The summed E-state index contributed by atoms with van der Waals surface area (Å²) in [5.41, 5.74) is 1.85. The number of nitro groups is 1. The fourth-order valence-electron chi connectivity index (χ4n) is 2.55. The maximum Gasteiger partial charge on any atom is 0.343 e. The van der Waals surface area contributed by atoms with Gasteiger partial charge in [0.25, 0.3) is 5.82 Å². The highest BCUT2D eigenvalue weighted by molar-refractivity contribution is 5.85. The van der Waals surface area contributed by atoms with Gasteiger partial charge in [-0.25, -0.2) is 14.5 Å². The minimum absolute atomic E-state index is 0. The fourth-order valence-corrected chi connectivity index (χ4v) is 2.55. The Hall–Kier alpha value is -2.45. The van der Waals surface area contributed by atoms with Crippen LogP contribution in [-0.2, 0) is 13.6 Å². The molecule has 0 bridgehead atoms. The summed E-state index contributed by atoms with van der Waals surface area (Å²) in [6.45, 7) is 1.56. The van der Waals surface area contributed by atoms with Gasteiger partial charge in [0, 0.05) is 13.1 Å². The molecule has 0 aliphatic heterocycles. The van der Waals surface area contributed by atoms with Gasteiger partial charge in [0.05, 0.1) is 18.1 Å². The quantitative estimate of drug-likeness (QED) is 0.521. The maximum atomic E-state index is 11.0. The van der Waals surface area contributed by atoms with Crippen LogP contribution in [0, 0.1) is 10.1 Å². The minimum atomic E-state index is -0.441. The Kier molecular flexibility index (Phi) is 5.20. The first-order chi connectivity index (χ1) is 11.0. The predicted octanol–water partition coefficient (Wildman–Crippen LogP) is 2.33. The van der Waals surface area contributed by atoms with Crippen LogP contribution in [-0.4, -0.2) is 49.6 Å². The number of aromatic nitrogens is 4. The first kappa shape index (κ1) is 17.9. The van der Waals surface area contributed by atoms with E-state index in [1.54, 1.807) is 7.05 Å². The predicted molar refractivity (Wildman–Crippen MR) is 94.4 cm³/mol. The molecule has 128 valence electrons. The van der Waals surface area contributed by atoms with E-state index in [0.29, 0.717) is 11.6 Å². The molecule has 0 saturated carbocycles. The zero-order valence-electron chi connectivity index (χ0n) is 13.7. The Bertz CT molecular complexity index is 870. The molecule has 0 spiro atoms. The molecule has 0 aliphatic rings. The molecule has 0 radical (unpaired) electrons. The highest BCUT2D eigenvalue weighted by Crippen LogP contribution is 2.26. The Morgan fingerprint density at radius 1 is 1.25 bits per heavy atom. The molecule has 3 rings (SSSR count). The summed E-state index contributed by atoms with van der Waals surface area (Å²) >= 11 is 0. The number of likely N-dealkylation sites (N-methyl/N-ethyl adjacent to an activating group) is 1. The van der Waals surface area contributed by atoms with Crippen molar-refractivity contribution in [1.82, 2.24) is 24.0 Å². The van der Waals surface area contributed by atoms with Crippen molar-refractivity contribution in [1.29, 1.82) is 0 Å². The van der Waals surface area contributed by atoms with E-state index < -0.39 is 4.92 Å². The summed E-state index contributed by atoms with van der Waals surface area (Å²) in [6.07, 6.45) is 1.27. The van der Waals surface area contributed by atoms with E-state index in [1.165, 1.54) is 10.8 Å². The number of hydrogen-bond donors (Lipinski definition) is 0. The van der Waals surface area contributed by atoms with Crippen molar-refractivity contribution in [2.24, 2.45) is 7.05 Å². The Morgan fingerprint density at radius 3 is 2.58 bits per heavy atom. The van der Waals surface area contributed by atoms with Crippen LogP contribution in [0.5, 0.6) is 0 Å². The van der Waals surface area contributed by atoms with Crippen molar-refractivity contribution < 1.29 is 4.92 Å². The molecule has 0 amide bonds. The summed E-state index contributed by atoms with van der Waals surface area (Å²) in [5, 5.41) is 11.0. The molecular weight excluding hydrogens is 332 g/mol. The monoisotopic (exact) mass is 350 g/mol. The lowest BCUT2D eigenvalue weighted by Crippen LogP contribution is -2.19. The summed E-state index contributed by atoms with van der Waals surface area (Å²) in [7, 11) is 5.64. The SMILES string of the molecule is CN(C)CCn1c(-c2ncc([N+](=O)[O-])n2C)nc2ccccc21.Cl. The van der Waals surface area contributed by atoms with Gasteiger partial charge in [-0.15, -0.1) is 12.4 Å². The zero-order chi connectivity index (χ0) is 16.6. The van der Waals surface area contributed by atoms with Crippen molar-refractivity contribution in [3.8, 4) is 11.6 Å². The number of hydrogen-bond acceptors (Lipinski definition) is 5. The topological polar surface area (TPSA) is 82.0 Å². The van der Waals surface area contributed by atoms with Gasteiger partial charge >= 0.3 is 5.82 Å². The molecule has 0 aliphatic carbocycles. The van der Waals surface area contributed by atoms with Crippen molar-refractivity contribution >= 4 is 29.3 Å². The number of fused-ring (bicyclic) bond motifs is 1. The standard InChI is InChI=1S/C15H18N6O2.ClH/c1-18(2)8-9-20-12-7-5-4-6-11(12)17-15(20)14-16-10-13(19(14)3)21(22)23;/h4-7,10H,8-9H2,1-3H3;1H. The second-order valence-corrected chi connectivity index (χ2v) is 5.64. The Labute approximate surface area is 145 Å². The maximum absolute atomic E-state index is 11.0. The Balaban J connectivity index is 0.00000208. The molecule has 2 heterocycles. The van der Waals surface area contributed by atoms with Gasteiger partial charge in [-0.1, -0.05) is 12.1 Å². The van der Waals surface area contributed by atoms with E-state index in [2.05, 4.69) is 19.4 Å². The number of rotatable bonds is 5. The smallest absolute Gasteiger partial charge is 0.343 e. The summed E-state index contributed by atoms with van der Waals surface area (Å²) in [5.74, 6) is 1.08. The lowest BCUT2D eigenvalue weighted by molar-refractivity contribution is -0.391. The summed E-state index contributed by atoms with van der Waals surface area (Å²) in [4.78, 5) is 21.5. The molecule has 9 heteroatoms. The molecule has 1 aromatic carbocycles. The van der Waals surface area contributed by atoms with Crippen LogP contribution in [0.15, 0.2) is 30.5 Å². The molecule has 0 atom stereocenters. The van der Waals surface area contributed by atoms with Crippen molar-refractivity contribution in [2.75, 3.05) is 20.6 Å². The van der Waals surface area contributed by atoms with Crippen LogP contribution in [0.25, 0.3) is 22.7 Å². The third-order valence-electron chi connectivity index (χ3n) is 3.78. The largest absolute Gasteiger partial charge is 0.358 e. The van der Waals surface area contributed by atoms with Gasteiger partial charge < -0.3 is 19.6 Å². The van der Waals surface area contributed by atoms with Gasteiger partial charge in [0.1, 0.15) is 6.20 Å². The van der Waals surface area contributed by atoms with E-state index in [1.807, 2.05) is 38.4 Å². The minimum Gasteiger partial charge on any atom is -0.358 e.